The van der Waals surface area contributed by atoms with Gasteiger partial charge in [0.2, 0.25) is 0 Å². The van der Waals surface area contributed by atoms with Crippen LogP contribution < -0.4 is 0 Å². The number of aldehydes is 3. The van der Waals surface area contributed by atoms with Crippen molar-refractivity contribution in [3.05, 3.63) is 66.2 Å². The molecule has 0 saturated carbocycles. The van der Waals surface area contributed by atoms with Gasteiger partial charge in [-0.15, -0.1) is 0 Å². The molecule has 0 aromatic heterocycles. The van der Waals surface area contributed by atoms with E-state index < -0.39 is 0 Å². The molecule has 0 aliphatic heterocycles. The first-order chi connectivity index (χ1) is 20.4. The summed E-state index contributed by atoms with van der Waals surface area (Å²) in [6.07, 6.45) is 22.6. The standard InChI is InChI=1S/C9H18O.C8H8O.C8H16O.C6H6O.C6H12O/c1-2-3-4-5-6-7-8-9-10;1-7(9)8-5-3-2-4-6-8;1-2-3-4-5-6-7-8-9;7-6-4-2-1-3-5-6;1-2-3-4-5-6-7/h9H,2-8H2,1H3;2-6H,1H3;8H,2-7H2,1H3;1-5,7H;6H,2-5H2,1H3. The third-order valence-corrected chi connectivity index (χ3v) is 5.96. The quantitative estimate of drug-likeness (QED) is 0.107. The highest BCUT2D eigenvalue weighted by molar-refractivity contribution is 5.93. The SMILES string of the molecule is CC(=O)c1ccccc1.CCCCCC=O.CCCCCCCC=O.CCCCCCCCC=O.Oc1ccccc1. The Morgan fingerprint density at radius 1 is 0.524 bits per heavy atom. The molecule has 0 aliphatic carbocycles. The maximum absolute atomic E-state index is 10.6. The lowest BCUT2D eigenvalue weighted by Crippen LogP contribution is -1.88. The fraction of sp³-hybridized carbons (Fsp3) is 0.568. The van der Waals surface area contributed by atoms with Gasteiger partial charge in [-0.3, -0.25) is 4.79 Å². The van der Waals surface area contributed by atoms with Crippen molar-refractivity contribution in [2.75, 3.05) is 0 Å². The summed E-state index contributed by atoms with van der Waals surface area (Å²) in [5, 5.41) is 8.63. The van der Waals surface area contributed by atoms with Crippen molar-refractivity contribution in [1.82, 2.24) is 0 Å². The van der Waals surface area contributed by atoms with Gasteiger partial charge in [-0.1, -0.05) is 140 Å². The largest absolute Gasteiger partial charge is 0.508 e. The highest BCUT2D eigenvalue weighted by Crippen LogP contribution is 2.06. The van der Waals surface area contributed by atoms with Crippen molar-refractivity contribution >= 4 is 24.6 Å². The average molecular weight is 585 g/mol. The number of phenolic OH excluding ortho intramolecular Hbond substituents is 1. The minimum atomic E-state index is 0.121. The number of unbranched alkanes of at least 4 members (excludes halogenated alkanes) is 14. The Balaban J connectivity index is -0.000000455. The second-order valence-corrected chi connectivity index (χ2v) is 10.0. The second-order valence-electron chi connectivity index (χ2n) is 10.0. The van der Waals surface area contributed by atoms with Gasteiger partial charge in [0.1, 0.15) is 24.6 Å². The van der Waals surface area contributed by atoms with Crippen LogP contribution in [-0.4, -0.2) is 29.7 Å². The first kappa shape index (κ1) is 43.4. The molecule has 0 bridgehead atoms. The number of hydrogen-bond donors (Lipinski definition) is 1. The number of Topliss-reactive ketones (excluding diaryl/α,β-unsaturated/α-hetero) is 1. The predicted molar refractivity (Wildman–Crippen MR) is 178 cm³/mol. The van der Waals surface area contributed by atoms with Crippen LogP contribution in [0.5, 0.6) is 5.75 Å². The van der Waals surface area contributed by atoms with Crippen LogP contribution in [0.4, 0.5) is 0 Å². The molecule has 0 amide bonds. The number of carbonyl (C=O) groups is 4. The fourth-order valence-corrected chi connectivity index (χ4v) is 3.42. The molecule has 0 saturated heterocycles. The number of hydrogen-bond acceptors (Lipinski definition) is 5. The van der Waals surface area contributed by atoms with Gasteiger partial charge in [0.05, 0.1) is 0 Å². The van der Waals surface area contributed by atoms with Crippen molar-refractivity contribution in [3.8, 4) is 5.75 Å². The second kappa shape index (κ2) is 40.1. The summed E-state index contributed by atoms with van der Waals surface area (Å²) in [5.41, 5.74) is 0.775. The van der Waals surface area contributed by atoms with E-state index in [2.05, 4.69) is 20.8 Å². The molecule has 2 rings (SSSR count). The Hall–Kier alpha value is -3.08. The van der Waals surface area contributed by atoms with Crippen LogP contribution in [0.15, 0.2) is 60.7 Å². The molecule has 0 fully saturated rings. The van der Waals surface area contributed by atoms with E-state index in [9.17, 15) is 19.2 Å². The lowest BCUT2D eigenvalue weighted by Gasteiger charge is -1.95. The highest BCUT2D eigenvalue weighted by Gasteiger charge is 1.93. The number of carbonyl (C=O) groups excluding carboxylic acids is 4. The molecule has 0 spiro atoms. The third-order valence-electron chi connectivity index (χ3n) is 5.96. The normalized spacial score (nSPS) is 9.14. The monoisotopic (exact) mass is 584 g/mol. The smallest absolute Gasteiger partial charge is 0.159 e. The Morgan fingerprint density at radius 2 is 0.833 bits per heavy atom. The number of para-hydroxylation sites is 1. The first-order valence-electron chi connectivity index (χ1n) is 16.1. The topological polar surface area (TPSA) is 88.5 Å². The molecule has 2 aromatic rings. The minimum Gasteiger partial charge on any atom is -0.508 e. The number of ketones is 1. The fourth-order valence-electron chi connectivity index (χ4n) is 3.42. The van der Waals surface area contributed by atoms with E-state index in [-0.39, 0.29) is 5.78 Å². The van der Waals surface area contributed by atoms with Crippen molar-refractivity contribution in [1.29, 1.82) is 0 Å². The third kappa shape index (κ3) is 41.4. The zero-order chi connectivity index (χ0) is 31.9. The molecule has 238 valence electrons. The van der Waals surface area contributed by atoms with Crippen LogP contribution in [0.25, 0.3) is 0 Å². The molecule has 5 nitrogen and oxygen atoms in total. The van der Waals surface area contributed by atoms with Crippen LogP contribution in [0.1, 0.15) is 147 Å². The molecule has 0 atom stereocenters. The Bertz CT molecular complexity index is 805. The lowest BCUT2D eigenvalue weighted by molar-refractivity contribution is -0.108. The van der Waals surface area contributed by atoms with E-state index in [4.69, 9.17) is 5.11 Å². The molecule has 1 N–H and O–H groups in total. The van der Waals surface area contributed by atoms with E-state index in [1.165, 1.54) is 70.6 Å². The van der Waals surface area contributed by atoms with Crippen molar-refractivity contribution in [2.24, 2.45) is 0 Å². The van der Waals surface area contributed by atoms with Gasteiger partial charge in [0.15, 0.2) is 5.78 Å². The molecular weight excluding hydrogens is 524 g/mol. The lowest BCUT2D eigenvalue weighted by atomic mass is 10.1. The van der Waals surface area contributed by atoms with Crippen LogP contribution in [0.2, 0.25) is 0 Å². The summed E-state index contributed by atoms with van der Waals surface area (Å²) in [5.74, 6) is 0.443. The molecule has 5 heteroatoms. The molecule has 2 aromatic carbocycles. The van der Waals surface area contributed by atoms with Gasteiger partial charge in [0.25, 0.3) is 0 Å². The van der Waals surface area contributed by atoms with Gasteiger partial charge < -0.3 is 19.5 Å². The van der Waals surface area contributed by atoms with E-state index in [0.717, 1.165) is 62.9 Å². The Morgan fingerprint density at radius 3 is 1.12 bits per heavy atom. The van der Waals surface area contributed by atoms with E-state index in [1.54, 1.807) is 31.2 Å². The van der Waals surface area contributed by atoms with Crippen molar-refractivity contribution < 1.29 is 24.3 Å². The van der Waals surface area contributed by atoms with Gasteiger partial charge in [-0.05, 0) is 38.3 Å². The molecule has 0 heterocycles. The maximum Gasteiger partial charge on any atom is 0.159 e. The number of rotatable bonds is 18. The molecule has 42 heavy (non-hydrogen) atoms. The molecular formula is C37H60O5. The number of phenols is 1. The Labute approximate surface area is 257 Å². The average Bonchev–Trinajstić information content (AvgIpc) is 3.01. The number of benzene rings is 2. The summed E-state index contributed by atoms with van der Waals surface area (Å²) in [6.45, 7) is 8.10. The zero-order valence-corrected chi connectivity index (χ0v) is 27.1. The summed E-state index contributed by atoms with van der Waals surface area (Å²) < 4.78 is 0. The zero-order valence-electron chi connectivity index (χ0n) is 27.1. The van der Waals surface area contributed by atoms with Gasteiger partial charge in [-0.2, -0.15) is 0 Å². The van der Waals surface area contributed by atoms with Gasteiger partial charge in [0, 0.05) is 24.8 Å². The predicted octanol–water partition coefficient (Wildman–Crippen LogP) is 10.5. The summed E-state index contributed by atoms with van der Waals surface area (Å²) in [6, 6.07) is 17.9. The van der Waals surface area contributed by atoms with Gasteiger partial charge in [-0.25, -0.2) is 0 Å². The Kier molecular flexibility index (Phi) is 41.4. The van der Waals surface area contributed by atoms with Crippen LogP contribution in [0.3, 0.4) is 0 Å². The molecule has 0 unspecified atom stereocenters. The summed E-state index contributed by atoms with van der Waals surface area (Å²) in [7, 11) is 0. The van der Waals surface area contributed by atoms with Crippen LogP contribution in [0, 0.1) is 0 Å². The molecule has 0 radical (unpaired) electrons. The van der Waals surface area contributed by atoms with Crippen molar-refractivity contribution in [3.63, 3.8) is 0 Å². The summed E-state index contributed by atoms with van der Waals surface area (Å²) in [4.78, 5) is 40.1. The number of aromatic hydroxyl groups is 1. The van der Waals surface area contributed by atoms with Crippen LogP contribution >= 0.6 is 0 Å². The van der Waals surface area contributed by atoms with E-state index in [1.807, 2.05) is 36.4 Å². The van der Waals surface area contributed by atoms with Crippen molar-refractivity contribution in [2.45, 2.75) is 137 Å². The summed E-state index contributed by atoms with van der Waals surface area (Å²) >= 11 is 0. The van der Waals surface area contributed by atoms with Gasteiger partial charge >= 0.3 is 0 Å². The van der Waals surface area contributed by atoms with E-state index in [0.29, 0.717) is 5.75 Å². The highest BCUT2D eigenvalue weighted by atomic mass is 16.3. The maximum atomic E-state index is 10.6. The minimum absolute atomic E-state index is 0.121. The first-order valence-corrected chi connectivity index (χ1v) is 16.1. The van der Waals surface area contributed by atoms with Crippen LogP contribution in [-0.2, 0) is 14.4 Å². The molecule has 0 aliphatic rings. The van der Waals surface area contributed by atoms with E-state index >= 15 is 0 Å².